The third-order valence-electron chi connectivity index (χ3n) is 10.5. The summed E-state index contributed by atoms with van der Waals surface area (Å²) in [6, 6.07) is 22.5. The van der Waals surface area contributed by atoms with E-state index in [2.05, 4.69) is 15.5 Å². The lowest BCUT2D eigenvalue weighted by atomic mass is 9.85. The van der Waals surface area contributed by atoms with Crippen LogP contribution in [0.1, 0.15) is 96.7 Å². The van der Waals surface area contributed by atoms with Gasteiger partial charge in [0.05, 0.1) is 23.7 Å². The van der Waals surface area contributed by atoms with Crippen molar-refractivity contribution in [3.63, 3.8) is 0 Å². The number of carboxylic acids is 2. The van der Waals surface area contributed by atoms with Crippen LogP contribution >= 0.6 is 11.3 Å². The average molecular weight is 738 g/mol. The molecule has 2 aliphatic carbocycles. The number of nitrogens with one attached hydrogen (secondary N) is 2. The van der Waals surface area contributed by atoms with Crippen LogP contribution in [0.3, 0.4) is 0 Å². The fourth-order valence-electron chi connectivity index (χ4n) is 7.45. The van der Waals surface area contributed by atoms with Crippen LogP contribution in [0.15, 0.2) is 72.8 Å². The van der Waals surface area contributed by atoms with Crippen LogP contribution < -0.4 is 10.6 Å². The highest BCUT2D eigenvalue weighted by Gasteiger charge is 2.30. The molecule has 11 heteroatoms. The van der Waals surface area contributed by atoms with Crippen LogP contribution in [-0.2, 0) is 41.8 Å². The first-order chi connectivity index (χ1) is 25.7. The Morgan fingerprint density at radius 3 is 2.13 bits per heavy atom. The lowest BCUT2D eigenvalue weighted by Crippen LogP contribution is -2.40. The number of nitrogens with zero attached hydrogens (tertiary/aromatic N) is 1. The number of hydrogen-bond acceptors (Lipinski definition) is 7. The molecule has 1 aromatic heterocycles. The quantitative estimate of drug-likeness (QED) is 0.0972. The maximum absolute atomic E-state index is 13.9. The van der Waals surface area contributed by atoms with Crippen molar-refractivity contribution in [2.24, 2.45) is 5.92 Å². The standard InChI is InChI=1S/C42H47N3O7S/c1-52-24-23-45(34-21-17-31(18-22-34)42(50)51)26-29-5-4-6-32(25-29)38(46)44-40-37(35-7-2-3-8-36(35)53-40)39(47)43-33-19-13-28(14-20-33)10-9-27-11-15-30(16-12-27)41(48)49/h4-6,11-16,19-20,25,31,34H,2-3,7-10,17-18,21-24,26H2,1H3,(H,43,47)(H,44,46)(H,48,49)(H,50,51)/t31-,34-. The van der Waals surface area contributed by atoms with Crippen molar-refractivity contribution < 1.29 is 34.1 Å². The largest absolute Gasteiger partial charge is 0.481 e. The molecule has 278 valence electrons. The fourth-order valence-corrected chi connectivity index (χ4v) is 8.73. The second kappa shape index (κ2) is 17.8. The van der Waals surface area contributed by atoms with Gasteiger partial charge in [-0.1, -0.05) is 36.4 Å². The summed E-state index contributed by atoms with van der Waals surface area (Å²) in [5.74, 6) is -2.46. The van der Waals surface area contributed by atoms with Gasteiger partial charge in [-0.15, -0.1) is 11.3 Å². The van der Waals surface area contributed by atoms with E-state index in [0.717, 1.165) is 78.5 Å². The van der Waals surface area contributed by atoms with E-state index < -0.39 is 11.9 Å². The van der Waals surface area contributed by atoms with E-state index in [0.29, 0.717) is 54.4 Å². The van der Waals surface area contributed by atoms with Gasteiger partial charge in [-0.2, -0.15) is 0 Å². The summed E-state index contributed by atoms with van der Waals surface area (Å²) in [6.07, 6.45) is 8.19. The Kier molecular flexibility index (Phi) is 12.7. The molecule has 4 N–H and O–H groups in total. The normalized spacial score (nSPS) is 16.9. The van der Waals surface area contributed by atoms with Crippen LogP contribution in [0.5, 0.6) is 0 Å². The number of aliphatic carboxylic acids is 1. The SMILES string of the molecule is COCCN(Cc1cccc(C(=O)Nc2sc3c(c2C(=O)Nc2ccc(CCc4ccc(C(=O)O)cc4)cc2)CCCC3)c1)[C@H]1CC[C@H](C(=O)O)CC1. The van der Waals surface area contributed by atoms with Gasteiger partial charge in [0.15, 0.2) is 0 Å². The number of ether oxygens (including phenoxy) is 1. The van der Waals surface area contributed by atoms with Crippen molar-refractivity contribution in [1.82, 2.24) is 4.90 Å². The number of fused-ring (bicyclic) bond motifs is 1. The molecule has 0 atom stereocenters. The van der Waals surface area contributed by atoms with Crippen LogP contribution in [-0.4, -0.2) is 65.2 Å². The summed E-state index contributed by atoms with van der Waals surface area (Å²) in [4.78, 5) is 53.8. The number of methoxy groups -OCH3 is 1. The molecule has 0 saturated heterocycles. The molecule has 6 rings (SSSR count). The molecule has 1 heterocycles. The number of rotatable bonds is 15. The minimum absolute atomic E-state index is 0.244. The zero-order chi connectivity index (χ0) is 37.3. The molecule has 1 saturated carbocycles. The summed E-state index contributed by atoms with van der Waals surface area (Å²) in [7, 11) is 1.67. The Balaban J connectivity index is 1.12. The number of aryl methyl sites for hydroxylation is 3. The van der Waals surface area contributed by atoms with Crippen molar-refractivity contribution >= 4 is 45.8 Å². The highest BCUT2D eigenvalue weighted by molar-refractivity contribution is 7.17. The molecule has 0 spiro atoms. The van der Waals surface area contributed by atoms with Gasteiger partial charge >= 0.3 is 11.9 Å². The monoisotopic (exact) mass is 737 g/mol. The van der Waals surface area contributed by atoms with E-state index in [1.165, 1.54) is 11.3 Å². The van der Waals surface area contributed by atoms with E-state index >= 15 is 0 Å². The van der Waals surface area contributed by atoms with E-state index in [9.17, 15) is 24.3 Å². The Hall–Kier alpha value is -4.84. The number of aromatic carboxylic acids is 1. The van der Waals surface area contributed by atoms with Gasteiger partial charge < -0.3 is 25.6 Å². The molecule has 53 heavy (non-hydrogen) atoms. The number of amides is 2. The van der Waals surface area contributed by atoms with Gasteiger partial charge in [0, 0.05) is 42.4 Å². The molecule has 2 aliphatic rings. The highest BCUT2D eigenvalue weighted by Crippen LogP contribution is 2.39. The first-order valence-electron chi connectivity index (χ1n) is 18.4. The van der Waals surface area contributed by atoms with Crippen molar-refractivity contribution in [1.29, 1.82) is 0 Å². The highest BCUT2D eigenvalue weighted by atomic mass is 32.1. The Labute approximate surface area is 314 Å². The van der Waals surface area contributed by atoms with Gasteiger partial charge in [-0.05, 0) is 123 Å². The molecule has 2 amide bonds. The number of carboxylic acid groups (broad SMARTS) is 2. The zero-order valence-electron chi connectivity index (χ0n) is 30.1. The van der Waals surface area contributed by atoms with Crippen LogP contribution in [0, 0.1) is 5.92 Å². The second-order valence-electron chi connectivity index (χ2n) is 14.0. The fraction of sp³-hybridized carbons (Fsp3) is 0.381. The maximum Gasteiger partial charge on any atom is 0.335 e. The molecule has 3 aromatic carbocycles. The first-order valence-corrected chi connectivity index (χ1v) is 19.2. The predicted molar refractivity (Wildman–Crippen MR) is 206 cm³/mol. The number of thiophene rings is 1. The smallest absolute Gasteiger partial charge is 0.335 e. The van der Waals surface area contributed by atoms with E-state index in [1.807, 2.05) is 54.6 Å². The van der Waals surface area contributed by atoms with Crippen LogP contribution in [0.25, 0.3) is 0 Å². The van der Waals surface area contributed by atoms with Crippen LogP contribution in [0.4, 0.5) is 10.7 Å². The molecule has 0 radical (unpaired) electrons. The summed E-state index contributed by atoms with van der Waals surface area (Å²) in [6.45, 7) is 1.89. The number of anilines is 2. The summed E-state index contributed by atoms with van der Waals surface area (Å²) in [5, 5.41) is 25.3. The van der Waals surface area contributed by atoms with Crippen molar-refractivity contribution in [3.8, 4) is 0 Å². The van der Waals surface area contributed by atoms with Crippen molar-refractivity contribution in [3.05, 3.63) is 117 Å². The molecule has 10 nitrogen and oxygen atoms in total. The van der Waals surface area contributed by atoms with E-state index in [-0.39, 0.29) is 29.3 Å². The number of carbonyl (C=O) groups is 4. The minimum atomic E-state index is -0.940. The molecular weight excluding hydrogens is 691 g/mol. The number of hydrogen-bond donors (Lipinski definition) is 4. The van der Waals surface area contributed by atoms with Gasteiger partial charge in [0.25, 0.3) is 11.8 Å². The van der Waals surface area contributed by atoms with E-state index in [1.54, 1.807) is 25.3 Å². The van der Waals surface area contributed by atoms with Gasteiger partial charge in [-0.25, -0.2) is 4.79 Å². The van der Waals surface area contributed by atoms with Crippen molar-refractivity contribution in [2.75, 3.05) is 30.9 Å². The Morgan fingerprint density at radius 2 is 1.47 bits per heavy atom. The molecule has 1 fully saturated rings. The van der Waals surface area contributed by atoms with Gasteiger partial charge in [0.2, 0.25) is 0 Å². The third-order valence-corrected chi connectivity index (χ3v) is 11.7. The van der Waals surface area contributed by atoms with E-state index in [4.69, 9.17) is 9.84 Å². The van der Waals surface area contributed by atoms with Gasteiger partial charge in [-0.3, -0.25) is 19.3 Å². The predicted octanol–water partition coefficient (Wildman–Crippen LogP) is 7.71. The lowest BCUT2D eigenvalue weighted by molar-refractivity contribution is -0.143. The maximum atomic E-state index is 13.9. The zero-order valence-corrected chi connectivity index (χ0v) is 30.9. The average Bonchev–Trinajstić information content (AvgIpc) is 3.54. The second-order valence-corrected chi connectivity index (χ2v) is 15.1. The number of benzene rings is 3. The molecule has 0 bridgehead atoms. The Morgan fingerprint density at radius 1 is 0.792 bits per heavy atom. The lowest BCUT2D eigenvalue weighted by Gasteiger charge is -2.36. The number of carbonyl (C=O) groups excluding carboxylic acids is 2. The molecule has 0 unspecified atom stereocenters. The minimum Gasteiger partial charge on any atom is -0.481 e. The summed E-state index contributed by atoms with van der Waals surface area (Å²) < 4.78 is 5.38. The Bertz CT molecular complexity index is 1910. The first kappa shape index (κ1) is 37.9. The molecule has 0 aliphatic heterocycles. The molecular formula is C42H47N3O7S. The van der Waals surface area contributed by atoms with Gasteiger partial charge in [0.1, 0.15) is 5.00 Å². The summed E-state index contributed by atoms with van der Waals surface area (Å²) >= 11 is 1.49. The summed E-state index contributed by atoms with van der Waals surface area (Å²) in [5.41, 5.74) is 6.12. The molecule has 4 aromatic rings. The van der Waals surface area contributed by atoms with Crippen molar-refractivity contribution in [2.45, 2.75) is 76.8 Å². The topological polar surface area (TPSA) is 145 Å². The van der Waals surface area contributed by atoms with Crippen LogP contribution in [0.2, 0.25) is 0 Å². The third kappa shape index (κ3) is 9.78.